The molecule has 1 aliphatic rings. The van der Waals surface area contributed by atoms with Gasteiger partial charge in [0.2, 0.25) is 17.2 Å². The predicted octanol–water partition coefficient (Wildman–Crippen LogP) is 2.31. The molecule has 2 rings (SSSR count). The standard InChI is InChI=1S/C15H14O3/c1-2-3-4-7-10-15(18)13(16)11-8-5-6-9-12(11)14(15)17/h4-6,8-10,18H,2-3H2,1H3. The number of carbonyl (C=O) groups is 2. The van der Waals surface area contributed by atoms with Crippen LogP contribution in [0.2, 0.25) is 0 Å². The van der Waals surface area contributed by atoms with Crippen LogP contribution in [0.5, 0.6) is 0 Å². The van der Waals surface area contributed by atoms with Gasteiger partial charge < -0.3 is 5.11 Å². The molecule has 0 amide bonds. The van der Waals surface area contributed by atoms with Gasteiger partial charge in [0.25, 0.3) is 0 Å². The second kappa shape index (κ2) is 4.73. The number of rotatable bonds is 3. The minimum absolute atomic E-state index is 0.276. The third-order valence-electron chi connectivity index (χ3n) is 2.95. The number of hydrogen-bond donors (Lipinski definition) is 1. The van der Waals surface area contributed by atoms with E-state index < -0.39 is 17.2 Å². The zero-order valence-electron chi connectivity index (χ0n) is 10.1. The molecule has 0 atom stereocenters. The molecule has 0 aromatic heterocycles. The van der Waals surface area contributed by atoms with Gasteiger partial charge in [0.05, 0.1) is 0 Å². The van der Waals surface area contributed by atoms with Crippen molar-refractivity contribution >= 4 is 11.6 Å². The van der Waals surface area contributed by atoms with Crippen LogP contribution in [0, 0.1) is 0 Å². The maximum atomic E-state index is 12.0. The zero-order valence-corrected chi connectivity index (χ0v) is 10.1. The molecule has 1 N–H and O–H groups in total. The highest BCUT2D eigenvalue weighted by atomic mass is 16.3. The summed E-state index contributed by atoms with van der Waals surface area (Å²) in [6, 6.07) is 6.45. The maximum Gasteiger partial charge on any atom is 0.217 e. The minimum Gasteiger partial charge on any atom is -0.370 e. The van der Waals surface area contributed by atoms with Gasteiger partial charge in [0.1, 0.15) is 0 Å². The highest BCUT2D eigenvalue weighted by Gasteiger charge is 2.49. The fourth-order valence-electron chi connectivity index (χ4n) is 1.93. The largest absolute Gasteiger partial charge is 0.370 e. The fourth-order valence-corrected chi connectivity index (χ4v) is 1.93. The van der Waals surface area contributed by atoms with Gasteiger partial charge >= 0.3 is 0 Å². The number of Topliss-reactive ketones (excluding diaryl/α,β-unsaturated/α-hetero) is 2. The third-order valence-corrected chi connectivity index (χ3v) is 2.95. The summed E-state index contributed by atoms with van der Waals surface area (Å²) in [5, 5.41) is 10.2. The van der Waals surface area contributed by atoms with E-state index in [4.69, 9.17) is 0 Å². The molecule has 1 aliphatic carbocycles. The van der Waals surface area contributed by atoms with Crippen molar-refractivity contribution in [3.63, 3.8) is 0 Å². The Labute approximate surface area is 105 Å². The van der Waals surface area contributed by atoms with Crippen LogP contribution in [0.1, 0.15) is 40.5 Å². The molecule has 0 saturated carbocycles. The molecule has 0 saturated heterocycles. The van der Waals surface area contributed by atoms with Gasteiger partial charge in [-0.1, -0.05) is 37.6 Å². The molecule has 18 heavy (non-hydrogen) atoms. The van der Waals surface area contributed by atoms with E-state index in [9.17, 15) is 14.7 Å². The molecule has 1 aromatic rings. The predicted molar refractivity (Wildman–Crippen MR) is 67.6 cm³/mol. The number of carbonyl (C=O) groups excluding carboxylic acids is 2. The van der Waals surface area contributed by atoms with E-state index in [1.165, 1.54) is 0 Å². The van der Waals surface area contributed by atoms with E-state index in [0.29, 0.717) is 0 Å². The molecule has 0 spiro atoms. The van der Waals surface area contributed by atoms with Gasteiger partial charge in [-0.3, -0.25) is 9.59 Å². The maximum absolute atomic E-state index is 12.0. The quantitative estimate of drug-likeness (QED) is 0.653. The molecule has 0 bridgehead atoms. The first kappa shape index (κ1) is 12.5. The molecular formula is C15H14O3. The van der Waals surface area contributed by atoms with Crippen LogP contribution in [-0.4, -0.2) is 22.3 Å². The summed E-state index contributed by atoms with van der Waals surface area (Å²) in [7, 11) is 0. The molecule has 1 aromatic carbocycles. The normalized spacial score (nSPS) is 16.1. The molecule has 0 radical (unpaired) electrons. The Kier molecular flexibility index (Phi) is 3.28. The molecular weight excluding hydrogens is 228 g/mol. The van der Waals surface area contributed by atoms with E-state index >= 15 is 0 Å². The Bertz CT molecular complexity index is 528. The smallest absolute Gasteiger partial charge is 0.217 e. The summed E-state index contributed by atoms with van der Waals surface area (Å²) in [4.78, 5) is 24.1. The van der Waals surface area contributed by atoms with E-state index in [0.717, 1.165) is 18.9 Å². The van der Waals surface area contributed by atoms with Crippen molar-refractivity contribution in [1.82, 2.24) is 0 Å². The van der Waals surface area contributed by atoms with Gasteiger partial charge in [0.15, 0.2) is 0 Å². The summed E-state index contributed by atoms with van der Waals surface area (Å²) in [6.07, 6.45) is 4.61. The average Bonchev–Trinajstić information content (AvgIpc) is 2.59. The van der Waals surface area contributed by atoms with E-state index in [1.54, 1.807) is 30.3 Å². The van der Waals surface area contributed by atoms with Crippen molar-refractivity contribution in [2.24, 2.45) is 0 Å². The number of aliphatic hydroxyl groups is 1. The fraction of sp³-hybridized carbons (Fsp3) is 0.267. The first-order valence-electron chi connectivity index (χ1n) is 5.94. The van der Waals surface area contributed by atoms with Gasteiger partial charge in [-0.15, -0.1) is 5.73 Å². The van der Waals surface area contributed by atoms with Crippen LogP contribution >= 0.6 is 0 Å². The molecule has 3 heteroatoms. The average molecular weight is 242 g/mol. The lowest BCUT2D eigenvalue weighted by Gasteiger charge is -2.11. The lowest BCUT2D eigenvalue weighted by molar-refractivity contribution is 0.0485. The first-order chi connectivity index (χ1) is 8.61. The van der Waals surface area contributed by atoms with Crippen LogP contribution < -0.4 is 0 Å². The Balaban J connectivity index is 2.41. The number of unbranched alkanes of at least 4 members (excludes halogenated alkanes) is 1. The number of hydrogen-bond acceptors (Lipinski definition) is 3. The lowest BCUT2D eigenvalue weighted by atomic mass is 9.98. The highest BCUT2D eigenvalue weighted by Crippen LogP contribution is 2.30. The molecule has 3 nitrogen and oxygen atoms in total. The Morgan fingerprint density at radius 1 is 1.22 bits per heavy atom. The van der Waals surface area contributed by atoms with Crippen molar-refractivity contribution in [3.8, 4) is 0 Å². The van der Waals surface area contributed by atoms with Crippen LogP contribution in [0.25, 0.3) is 0 Å². The van der Waals surface area contributed by atoms with Gasteiger partial charge in [-0.25, -0.2) is 0 Å². The van der Waals surface area contributed by atoms with Gasteiger partial charge in [-0.2, -0.15) is 0 Å². The molecule has 0 heterocycles. The monoisotopic (exact) mass is 242 g/mol. The van der Waals surface area contributed by atoms with Crippen LogP contribution in [-0.2, 0) is 0 Å². The van der Waals surface area contributed by atoms with E-state index in [2.05, 4.69) is 5.73 Å². The summed E-state index contributed by atoms with van der Waals surface area (Å²) in [5.41, 5.74) is 1.20. The van der Waals surface area contributed by atoms with Gasteiger partial charge in [-0.05, 0) is 12.5 Å². The SMILES string of the molecule is CCCC=C=CC1(O)C(=O)c2ccccc2C1=O. The molecule has 92 valence electrons. The summed E-state index contributed by atoms with van der Waals surface area (Å²) < 4.78 is 0. The highest BCUT2D eigenvalue weighted by molar-refractivity contribution is 6.33. The molecule has 0 fully saturated rings. The lowest BCUT2D eigenvalue weighted by Crippen LogP contribution is -2.38. The van der Waals surface area contributed by atoms with E-state index in [1.807, 2.05) is 6.92 Å². The second-order valence-corrected chi connectivity index (χ2v) is 4.27. The van der Waals surface area contributed by atoms with Crippen LogP contribution in [0.15, 0.2) is 42.1 Å². The Morgan fingerprint density at radius 2 is 1.78 bits per heavy atom. The Hall–Kier alpha value is -1.96. The first-order valence-corrected chi connectivity index (χ1v) is 5.94. The van der Waals surface area contributed by atoms with Crippen molar-refractivity contribution < 1.29 is 14.7 Å². The topological polar surface area (TPSA) is 54.4 Å². The van der Waals surface area contributed by atoms with Gasteiger partial charge in [0, 0.05) is 17.2 Å². The second-order valence-electron chi connectivity index (χ2n) is 4.27. The van der Waals surface area contributed by atoms with Crippen molar-refractivity contribution in [2.45, 2.75) is 25.4 Å². The zero-order chi connectivity index (χ0) is 13.2. The van der Waals surface area contributed by atoms with E-state index in [-0.39, 0.29) is 11.1 Å². The third kappa shape index (κ3) is 1.84. The van der Waals surface area contributed by atoms with Crippen LogP contribution in [0.4, 0.5) is 0 Å². The van der Waals surface area contributed by atoms with Crippen molar-refractivity contribution in [3.05, 3.63) is 53.3 Å². The van der Waals surface area contributed by atoms with Crippen molar-refractivity contribution in [2.75, 3.05) is 0 Å². The van der Waals surface area contributed by atoms with Crippen LogP contribution in [0.3, 0.4) is 0 Å². The molecule has 0 unspecified atom stereocenters. The number of ketones is 2. The van der Waals surface area contributed by atoms with Crippen molar-refractivity contribution in [1.29, 1.82) is 0 Å². The number of fused-ring (bicyclic) bond motifs is 1. The minimum atomic E-state index is -2.08. The Morgan fingerprint density at radius 3 is 2.28 bits per heavy atom. The summed E-state index contributed by atoms with van der Waals surface area (Å²) in [5.74, 6) is -1.14. The molecule has 0 aliphatic heterocycles. The summed E-state index contributed by atoms with van der Waals surface area (Å²) in [6.45, 7) is 2.01. The summed E-state index contributed by atoms with van der Waals surface area (Å²) >= 11 is 0. The number of benzene rings is 1.